The zero-order chi connectivity index (χ0) is 22.9. The first kappa shape index (κ1) is 22.2. The molecule has 1 fully saturated rings. The number of anilines is 1. The van der Waals surface area contributed by atoms with E-state index in [4.69, 9.17) is 0 Å². The van der Waals surface area contributed by atoms with Gasteiger partial charge in [0.1, 0.15) is 5.75 Å². The first-order valence-corrected chi connectivity index (χ1v) is 10.5. The van der Waals surface area contributed by atoms with Crippen LogP contribution in [0.25, 0.3) is 11.3 Å². The molecule has 2 aromatic heterocycles. The molecule has 4 rings (SSSR count). The fourth-order valence-electron chi connectivity index (χ4n) is 3.12. The zero-order valence-electron chi connectivity index (χ0n) is 16.4. The predicted molar refractivity (Wildman–Crippen MR) is 107 cm³/mol. The Labute approximate surface area is 183 Å². The molecule has 0 aliphatic heterocycles. The Bertz CT molecular complexity index is 1090. The van der Waals surface area contributed by atoms with Crippen LogP contribution < -0.4 is 10.1 Å². The highest BCUT2D eigenvalue weighted by atomic mass is 32.1. The quantitative estimate of drug-likeness (QED) is 0.438. The van der Waals surface area contributed by atoms with E-state index in [9.17, 15) is 26.7 Å². The number of rotatable bonds is 8. The van der Waals surface area contributed by atoms with Crippen LogP contribution >= 0.6 is 11.3 Å². The summed E-state index contributed by atoms with van der Waals surface area (Å²) in [6.45, 7) is -2.89. The summed E-state index contributed by atoms with van der Waals surface area (Å²) in [6, 6.07) is 6.95. The molecule has 2 heterocycles. The number of hydrogen-bond acceptors (Lipinski definition) is 5. The summed E-state index contributed by atoms with van der Waals surface area (Å²) in [5.74, 6) is -0.330. The van der Waals surface area contributed by atoms with Crippen LogP contribution in [0.2, 0.25) is 0 Å². The van der Waals surface area contributed by atoms with Crippen molar-refractivity contribution < 1.29 is 31.5 Å². The number of carbonyl (C=O) groups excluding carboxylic acids is 1. The molecule has 0 bridgehead atoms. The molecule has 0 saturated heterocycles. The molecule has 1 saturated carbocycles. The number of nitrogens with one attached hydrogen (secondary N) is 1. The summed E-state index contributed by atoms with van der Waals surface area (Å²) in [6.07, 6.45) is -2.97. The summed E-state index contributed by atoms with van der Waals surface area (Å²) in [5.41, 5.74) is 0.732. The van der Waals surface area contributed by atoms with E-state index in [2.05, 4.69) is 20.1 Å². The monoisotopic (exact) mass is 472 g/mol. The van der Waals surface area contributed by atoms with Gasteiger partial charge in [-0.3, -0.25) is 9.48 Å². The van der Waals surface area contributed by atoms with Crippen LogP contribution in [-0.2, 0) is 17.5 Å². The topological polar surface area (TPSA) is 69.0 Å². The number of alkyl halides is 5. The third-order valence-electron chi connectivity index (χ3n) is 4.77. The van der Waals surface area contributed by atoms with Gasteiger partial charge in [-0.1, -0.05) is 0 Å². The molecule has 1 amide bonds. The Morgan fingerprint density at radius 1 is 1.25 bits per heavy atom. The molecule has 1 aliphatic rings. The molecule has 0 atom stereocenters. The highest BCUT2D eigenvalue weighted by Gasteiger charge is 2.37. The molecule has 6 nitrogen and oxygen atoms in total. The lowest BCUT2D eigenvalue weighted by Crippen LogP contribution is -2.16. The van der Waals surface area contributed by atoms with Crippen molar-refractivity contribution in [3.8, 4) is 17.0 Å². The maximum Gasteiger partial charge on any atom is 0.435 e. The SMILES string of the molecule is O=C(CCn1nc(C(F)(F)F)cc1C1CC1)Nc1nc(-c2ccc(OC(F)F)cc2)cs1. The van der Waals surface area contributed by atoms with Crippen molar-refractivity contribution in [3.05, 3.63) is 47.1 Å². The normalized spacial score (nSPS) is 14.1. The molecule has 3 aromatic rings. The molecule has 170 valence electrons. The van der Waals surface area contributed by atoms with Gasteiger partial charge in [-0.15, -0.1) is 11.3 Å². The Balaban J connectivity index is 1.35. The highest BCUT2D eigenvalue weighted by molar-refractivity contribution is 7.14. The number of aromatic nitrogens is 3. The number of thiazole rings is 1. The lowest BCUT2D eigenvalue weighted by molar-refractivity contribution is -0.141. The first-order chi connectivity index (χ1) is 15.2. The second-order valence-electron chi connectivity index (χ2n) is 7.19. The first-order valence-electron chi connectivity index (χ1n) is 9.64. The van der Waals surface area contributed by atoms with Crippen molar-refractivity contribution >= 4 is 22.4 Å². The van der Waals surface area contributed by atoms with E-state index in [1.165, 1.54) is 28.2 Å². The van der Waals surface area contributed by atoms with Crippen LogP contribution in [0.3, 0.4) is 0 Å². The van der Waals surface area contributed by atoms with Crippen molar-refractivity contribution in [1.82, 2.24) is 14.8 Å². The fraction of sp³-hybridized carbons (Fsp3) is 0.350. The van der Waals surface area contributed by atoms with E-state index in [-0.39, 0.29) is 24.6 Å². The van der Waals surface area contributed by atoms with Crippen LogP contribution in [0.4, 0.5) is 27.1 Å². The van der Waals surface area contributed by atoms with Gasteiger partial charge in [0, 0.05) is 35.5 Å². The minimum atomic E-state index is -4.53. The van der Waals surface area contributed by atoms with E-state index < -0.39 is 24.4 Å². The standard InChI is InChI=1S/C20H17F5N4O2S/c21-18(22)31-13-5-3-11(4-6-13)14-10-32-19(26-14)27-17(30)7-8-29-15(12-1-2-12)9-16(28-29)20(23,24)25/h3-6,9-10,12,18H,1-2,7-8H2,(H,26,27,30). The van der Waals surface area contributed by atoms with Crippen molar-refractivity contribution in [1.29, 1.82) is 0 Å². The Morgan fingerprint density at radius 3 is 2.59 bits per heavy atom. The van der Waals surface area contributed by atoms with Gasteiger partial charge in [0.15, 0.2) is 10.8 Å². The smallest absolute Gasteiger partial charge is 0.435 e. The summed E-state index contributed by atoms with van der Waals surface area (Å²) >= 11 is 1.17. The second-order valence-corrected chi connectivity index (χ2v) is 8.05. The number of amides is 1. The average molecular weight is 472 g/mol. The Kier molecular flexibility index (Phi) is 6.13. The number of benzene rings is 1. The maximum absolute atomic E-state index is 13.0. The van der Waals surface area contributed by atoms with Gasteiger partial charge in [0.05, 0.1) is 5.69 Å². The van der Waals surface area contributed by atoms with Gasteiger partial charge in [-0.05, 0) is 43.2 Å². The number of aryl methyl sites for hydroxylation is 1. The molecular formula is C20H17F5N4O2S. The summed E-state index contributed by atoms with van der Waals surface area (Å²) in [7, 11) is 0. The summed E-state index contributed by atoms with van der Waals surface area (Å²) in [4.78, 5) is 16.6. The van der Waals surface area contributed by atoms with Crippen LogP contribution in [-0.4, -0.2) is 27.3 Å². The van der Waals surface area contributed by atoms with Crippen LogP contribution in [0.15, 0.2) is 35.7 Å². The minimum Gasteiger partial charge on any atom is -0.435 e. The van der Waals surface area contributed by atoms with E-state index in [1.54, 1.807) is 17.5 Å². The van der Waals surface area contributed by atoms with Gasteiger partial charge in [-0.25, -0.2) is 4.98 Å². The van der Waals surface area contributed by atoms with Crippen LogP contribution in [0.1, 0.15) is 36.6 Å². The fourth-order valence-corrected chi connectivity index (χ4v) is 3.85. The number of halogens is 5. The molecule has 0 spiro atoms. The lowest BCUT2D eigenvalue weighted by atomic mass is 10.2. The molecule has 0 unspecified atom stereocenters. The molecule has 1 aliphatic carbocycles. The minimum absolute atomic E-state index is 0.0189. The lowest BCUT2D eigenvalue weighted by Gasteiger charge is -2.06. The summed E-state index contributed by atoms with van der Waals surface area (Å²) in [5, 5.41) is 8.26. The maximum atomic E-state index is 13.0. The van der Waals surface area contributed by atoms with Crippen molar-refractivity contribution in [2.24, 2.45) is 0 Å². The molecule has 0 radical (unpaired) electrons. The molecular weight excluding hydrogens is 455 g/mol. The van der Waals surface area contributed by atoms with Crippen molar-refractivity contribution in [2.75, 3.05) is 5.32 Å². The van der Waals surface area contributed by atoms with E-state index >= 15 is 0 Å². The second kappa shape index (κ2) is 8.85. The highest BCUT2D eigenvalue weighted by Crippen LogP contribution is 2.42. The average Bonchev–Trinajstić information content (AvgIpc) is 3.29. The molecule has 1 N–H and O–H groups in total. The Hall–Kier alpha value is -3.02. The van der Waals surface area contributed by atoms with Gasteiger partial charge in [0.25, 0.3) is 0 Å². The molecule has 12 heteroatoms. The van der Waals surface area contributed by atoms with Crippen molar-refractivity contribution in [3.63, 3.8) is 0 Å². The number of carbonyl (C=O) groups is 1. The number of hydrogen-bond donors (Lipinski definition) is 1. The molecule has 32 heavy (non-hydrogen) atoms. The van der Waals surface area contributed by atoms with E-state index in [1.807, 2.05) is 0 Å². The third-order valence-corrected chi connectivity index (χ3v) is 5.53. The number of ether oxygens (including phenoxy) is 1. The largest absolute Gasteiger partial charge is 0.435 e. The van der Waals surface area contributed by atoms with Gasteiger partial charge >= 0.3 is 12.8 Å². The van der Waals surface area contributed by atoms with E-state index in [0.717, 1.165) is 18.9 Å². The van der Waals surface area contributed by atoms with Gasteiger partial charge in [-0.2, -0.15) is 27.1 Å². The van der Waals surface area contributed by atoms with Crippen molar-refractivity contribution in [2.45, 2.75) is 44.5 Å². The van der Waals surface area contributed by atoms with E-state index in [0.29, 0.717) is 22.1 Å². The van der Waals surface area contributed by atoms with Crippen LogP contribution in [0, 0.1) is 0 Å². The van der Waals surface area contributed by atoms with Gasteiger partial charge in [0.2, 0.25) is 5.91 Å². The van der Waals surface area contributed by atoms with Gasteiger partial charge < -0.3 is 10.1 Å². The third kappa shape index (κ3) is 5.42. The zero-order valence-corrected chi connectivity index (χ0v) is 17.2. The molecule has 1 aromatic carbocycles. The summed E-state index contributed by atoms with van der Waals surface area (Å²) < 4.78 is 68.9. The van der Waals surface area contributed by atoms with Crippen LogP contribution in [0.5, 0.6) is 5.75 Å². The predicted octanol–water partition coefficient (Wildman–Crippen LogP) is 5.53. The number of nitrogens with zero attached hydrogens (tertiary/aromatic N) is 3. The Morgan fingerprint density at radius 2 is 1.97 bits per heavy atom.